The van der Waals surface area contributed by atoms with Gasteiger partial charge in [0.25, 0.3) is 0 Å². The first kappa shape index (κ1) is 20.6. The van der Waals surface area contributed by atoms with Crippen LogP contribution in [0.15, 0.2) is 54.9 Å². The molecule has 7 heteroatoms. The van der Waals surface area contributed by atoms with E-state index in [1.807, 2.05) is 60.4 Å². The number of nitrogens with zero attached hydrogens (tertiary/aromatic N) is 4. The Kier molecular flexibility index (Phi) is 6.16. The zero-order valence-electron chi connectivity index (χ0n) is 17.3. The second-order valence-corrected chi connectivity index (χ2v) is 8.40. The zero-order valence-corrected chi connectivity index (χ0v) is 18.0. The fraction of sp³-hybridized carbons (Fsp3) is 0.348. The molecule has 4 rings (SSSR count). The van der Waals surface area contributed by atoms with Gasteiger partial charge in [-0.1, -0.05) is 23.7 Å². The summed E-state index contributed by atoms with van der Waals surface area (Å²) in [6.07, 6.45) is 5.47. The van der Waals surface area contributed by atoms with Crippen LogP contribution in [0.3, 0.4) is 0 Å². The molecule has 1 amide bonds. The van der Waals surface area contributed by atoms with Crippen molar-refractivity contribution in [3.05, 3.63) is 71.1 Å². The van der Waals surface area contributed by atoms with Gasteiger partial charge in [-0.15, -0.1) is 0 Å². The molecule has 0 radical (unpaired) electrons. The molecule has 1 saturated heterocycles. The second-order valence-electron chi connectivity index (χ2n) is 7.96. The molecule has 2 aromatic heterocycles. The van der Waals surface area contributed by atoms with E-state index >= 15 is 0 Å². The van der Waals surface area contributed by atoms with Gasteiger partial charge in [-0.3, -0.25) is 19.8 Å². The quantitative estimate of drug-likeness (QED) is 0.670. The number of piperidine rings is 1. The van der Waals surface area contributed by atoms with Crippen molar-refractivity contribution in [3.63, 3.8) is 0 Å². The van der Waals surface area contributed by atoms with Crippen LogP contribution in [-0.4, -0.2) is 58.1 Å². The van der Waals surface area contributed by atoms with Gasteiger partial charge >= 0.3 is 0 Å². The summed E-state index contributed by atoms with van der Waals surface area (Å²) in [5, 5.41) is 7.63. The lowest BCUT2D eigenvalue weighted by Crippen LogP contribution is -2.44. The predicted molar refractivity (Wildman–Crippen MR) is 118 cm³/mol. The number of likely N-dealkylation sites (tertiary alicyclic amines) is 1. The van der Waals surface area contributed by atoms with Gasteiger partial charge in [-0.25, -0.2) is 0 Å². The van der Waals surface area contributed by atoms with Gasteiger partial charge in [0.1, 0.15) is 6.04 Å². The molecule has 0 aliphatic carbocycles. The summed E-state index contributed by atoms with van der Waals surface area (Å²) in [6, 6.07) is 13.3. The fourth-order valence-corrected chi connectivity index (χ4v) is 4.22. The monoisotopic (exact) mass is 423 g/mol. The molecule has 3 heterocycles. The number of aromatic nitrogens is 3. The molecule has 156 valence electrons. The molecule has 1 N–H and O–H groups in total. The number of pyridine rings is 1. The number of benzene rings is 1. The van der Waals surface area contributed by atoms with Crippen molar-refractivity contribution in [2.75, 3.05) is 27.2 Å². The molecule has 1 aromatic carbocycles. The molecule has 30 heavy (non-hydrogen) atoms. The van der Waals surface area contributed by atoms with Gasteiger partial charge < -0.3 is 4.90 Å². The molecule has 0 bridgehead atoms. The zero-order chi connectivity index (χ0) is 21.1. The van der Waals surface area contributed by atoms with Crippen LogP contribution in [0.4, 0.5) is 0 Å². The first-order valence-corrected chi connectivity index (χ1v) is 10.6. The van der Waals surface area contributed by atoms with E-state index in [1.165, 1.54) is 0 Å². The van der Waals surface area contributed by atoms with E-state index in [4.69, 9.17) is 11.6 Å². The summed E-state index contributed by atoms with van der Waals surface area (Å²) in [5.41, 5.74) is 4.05. The molecule has 0 saturated carbocycles. The third-order valence-corrected chi connectivity index (χ3v) is 6.01. The van der Waals surface area contributed by atoms with E-state index in [0.29, 0.717) is 10.9 Å². The first-order valence-electron chi connectivity index (χ1n) is 10.2. The summed E-state index contributed by atoms with van der Waals surface area (Å²) in [7, 11) is 3.88. The van der Waals surface area contributed by atoms with Crippen molar-refractivity contribution < 1.29 is 4.79 Å². The van der Waals surface area contributed by atoms with E-state index in [0.717, 1.165) is 48.4 Å². The smallest absolute Gasteiger partial charge is 0.244 e. The second kappa shape index (κ2) is 8.98. The Morgan fingerprint density at radius 2 is 1.87 bits per heavy atom. The molecule has 1 aliphatic rings. The van der Waals surface area contributed by atoms with Gasteiger partial charge in [0.15, 0.2) is 0 Å². The highest BCUT2D eigenvalue weighted by atomic mass is 35.5. The molecule has 1 atom stereocenters. The molecule has 1 unspecified atom stereocenters. The Balaban J connectivity index is 1.40. The normalized spacial score (nSPS) is 16.1. The van der Waals surface area contributed by atoms with Crippen LogP contribution in [-0.2, 0) is 4.79 Å². The van der Waals surface area contributed by atoms with E-state index in [2.05, 4.69) is 27.3 Å². The van der Waals surface area contributed by atoms with Crippen LogP contribution in [0.5, 0.6) is 0 Å². The number of hydrogen-bond donors (Lipinski definition) is 1. The van der Waals surface area contributed by atoms with Crippen molar-refractivity contribution in [1.29, 1.82) is 0 Å². The number of aromatic amines is 1. The fourth-order valence-electron chi connectivity index (χ4n) is 4.10. The van der Waals surface area contributed by atoms with Crippen molar-refractivity contribution in [2.24, 2.45) is 0 Å². The van der Waals surface area contributed by atoms with Gasteiger partial charge in [0, 0.05) is 47.7 Å². The number of likely N-dealkylation sites (N-methyl/N-ethyl adjacent to an activating group) is 1. The van der Waals surface area contributed by atoms with Crippen LogP contribution in [0, 0.1) is 0 Å². The van der Waals surface area contributed by atoms with Gasteiger partial charge in [-0.2, -0.15) is 5.10 Å². The minimum absolute atomic E-state index is 0.142. The van der Waals surface area contributed by atoms with Crippen molar-refractivity contribution in [3.8, 4) is 11.3 Å². The topological polar surface area (TPSA) is 65.1 Å². The van der Waals surface area contributed by atoms with Crippen LogP contribution in [0.25, 0.3) is 11.3 Å². The average molecular weight is 424 g/mol. The van der Waals surface area contributed by atoms with E-state index in [-0.39, 0.29) is 11.9 Å². The number of carbonyl (C=O) groups excluding carboxylic acids is 1. The van der Waals surface area contributed by atoms with Crippen molar-refractivity contribution in [2.45, 2.75) is 24.8 Å². The molecule has 0 spiro atoms. The van der Waals surface area contributed by atoms with Crippen LogP contribution >= 0.6 is 11.6 Å². The standard InChI is InChI=1S/C23H26ClN5O/c1-28(2)22(17-3-6-19(24)7-4-17)23(30)29-13-10-16(11-14-29)20-8-5-18(15-25-20)21-9-12-26-27-21/h3-9,12,15-16,22H,10-11,13-14H2,1-2H3,(H,26,27). The largest absolute Gasteiger partial charge is 0.341 e. The SMILES string of the molecule is CN(C)C(C(=O)N1CCC(c2ccc(-c3ccn[nH]3)cn2)CC1)c1ccc(Cl)cc1. The minimum Gasteiger partial charge on any atom is -0.341 e. The maximum absolute atomic E-state index is 13.3. The highest BCUT2D eigenvalue weighted by Crippen LogP contribution is 2.30. The Morgan fingerprint density at radius 1 is 1.13 bits per heavy atom. The lowest BCUT2D eigenvalue weighted by molar-refractivity contribution is -0.137. The number of amides is 1. The van der Waals surface area contributed by atoms with Crippen LogP contribution < -0.4 is 0 Å². The number of rotatable bonds is 5. The summed E-state index contributed by atoms with van der Waals surface area (Å²) in [6.45, 7) is 1.48. The number of H-pyrrole nitrogens is 1. The maximum Gasteiger partial charge on any atom is 0.244 e. The Morgan fingerprint density at radius 3 is 2.43 bits per heavy atom. The molecular weight excluding hydrogens is 398 g/mol. The van der Waals surface area contributed by atoms with Crippen molar-refractivity contribution >= 4 is 17.5 Å². The number of hydrogen-bond acceptors (Lipinski definition) is 4. The molecule has 1 aliphatic heterocycles. The Bertz CT molecular complexity index is 962. The summed E-state index contributed by atoms with van der Waals surface area (Å²) in [5.74, 6) is 0.515. The van der Waals surface area contributed by atoms with E-state index < -0.39 is 0 Å². The number of halogens is 1. The van der Waals surface area contributed by atoms with Gasteiger partial charge in [0.05, 0.1) is 5.69 Å². The third-order valence-electron chi connectivity index (χ3n) is 5.76. The van der Waals surface area contributed by atoms with E-state index in [9.17, 15) is 4.79 Å². The minimum atomic E-state index is -0.300. The summed E-state index contributed by atoms with van der Waals surface area (Å²) >= 11 is 6.02. The highest BCUT2D eigenvalue weighted by Gasteiger charge is 2.31. The van der Waals surface area contributed by atoms with Gasteiger partial charge in [-0.05, 0) is 62.8 Å². The number of nitrogens with one attached hydrogen (secondary N) is 1. The highest BCUT2D eigenvalue weighted by molar-refractivity contribution is 6.30. The van der Waals surface area contributed by atoms with Crippen LogP contribution in [0.1, 0.15) is 36.1 Å². The third kappa shape index (κ3) is 4.40. The lowest BCUT2D eigenvalue weighted by atomic mass is 9.92. The number of carbonyl (C=O) groups is 1. The average Bonchev–Trinajstić information content (AvgIpc) is 3.30. The molecule has 6 nitrogen and oxygen atoms in total. The predicted octanol–water partition coefficient (Wildman–Crippen LogP) is 4.13. The van der Waals surface area contributed by atoms with E-state index in [1.54, 1.807) is 6.20 Å². The Labute approximate surface area is 181 Å². The first-order chi connectivity index (χ1) is 14.5. The maximum atomic E-state index is 13.3. The molecular formula is C23H26ClN5O. The molecule has 3 aromatic rings. The van der Waals surface area contributed by atoms with Crippen molar-refractivity contribution in [1.82, 2.24) is 25.0 Å². The Hall–Kier alpha value is -2.70. The molecule has 1 fully saturated rings. The lowest BCUT2D eigenvalue weighted by Gasteiger charge is -2.36. The summed E-state index contributed by atoms with van der Waals surface area (Å²) in [4.78, 5) is 21.9. The summed E-state index contributed by atoms with van der Waals surface area (Å²) < 4.78 is 0. The van der Waals surface area contributed by atoms with Crippen LogP contribution in [0.2, 0.25) is 5.02 Å². The van der Waals surface area contributed by atoms with Gasteiger partial charge in [0.2, 0.25) is 5.91 Å².